The van der Waals surface area contributed by atoms with Crippen molar-refractivity contribution in [3.63, 3.8) is 0 Å². The molecular formula is C11H14O3. The Kier molecular flexibility index (Phi) is 4.11. The minimum atomic E-state index is -0.219. The first-order valence-corrected chi connectivity index (χ1v) is 4.81. The number of rotatable bonds is 6. The van der Waals surface area contributed by atoms with Crippen LogP contribution in [0.15, 0.2) is 22.8 Å². The first-order chi connectivity index (χ1) is 6.79. The lowest BCUT2D eigenvalue weighted by molar-refractivity contribution is -0.108. The monoisotopic (exact) mass is 194 g/mol. The van der Waals surface area contributed by atoms with Crippen LogP contribution in [0.5, 0.6) is 0 Å². The van der Waals surface area contributed by atoms with E-state index in [1.807, 2.05) is 6.92 Å². The molecule has 1 unspecified atom stereocenters. The van der Waals surface area contributed by atoms with E-state index in [0.29, 0.717) is 5.76 Å². The van der Waals surface area contributed by atoms with Gasteiger partial charge in [-0.25, -0.2) is 0 Å². The van der Waals surface area contributed by atoms with Gasteiger partial charge in [-0.15, -0.1) is 0 Å². The van der Waals surface area contributed by atoms with Gasteiger partial charge in [-0.1, -0.05) is 13.3 Å². The molecule has 1 heterocycles. The molecule has 14 heavy (non-hydrogen) atoms. The fraction of sp³-hybridized carbons (Fsp3) is 0.455. The number of carbonyl (C=O) groups is 2. The second-order valence-corrected chi connectivity index (χ2v) is 3.23. The number of Topliss-reactive ketones (excluding diaryl/α,β-unsaturated/α-hetero) is 1. The predicted octanol–water partition coefficient (Wildman–Crippen LogP) is 2.47. The predicted molar refractivity (Wildman–Crippen MR) is 52.1 cm³/mol. The highest BCUT2D eigenvalue weighted by atomic mass is 16.3. The Morgan fingerprint density at radius 2 is 2.43 bits per heavy atom. The van der Waals surface area contributed by atoms with Gasteiger partial charge < -0.3 is 9.21 Å². The van der Waals surface area contributed by atoms with Crippen LogP contribution in [0.1, 0.15) is 36.7 Å². The van der Waals surface area contributed by atoms with Crippen LogP contribution in [-0.4, -0.2) is 12.1 Å². The van der Waals surface area contributed by atoms with Crippen molar-refractivity contribution < 1.29 is 14.0 Å². The summed E-state index contributed by atoms with van der Waals surface area (Å²) >= 11 is 0. The number of ketones is 1. The fourth-order valence-electron chi connectivity index (χ4n) is 1.44. The average Bonchev–Trinajstić information content (AvgIpc) is 2.69. The fourth-order valence-corrected chi connectivity index (χ4v) is 1.44. The van der Waals surface area contributed by atoms with E-state index in [-0.39, 0.29) is 18.1 Å². The quantitative estimate of drug-likeness (QED) is 0.516. The number of hydrogen-bond donors (Lipinski definition) is 0. The van der Waals surface area contributed by atoms with Crippen molar-refractivity contribution >= 4 is 12.1 Å². The van der Waals surface area contributed by atoms with Gasteiger partial charge in [-0.2, -0.15) is 0 Å². The van der Waals surface area contributed by atoms with Gasteiger partial charge in [0, 0.05) is 12.3 Å². The zero-order chi connectivity index (χ0) is 10.4. The molecule has 1 aromatic rings. The zero-order valence-electron chi connectivity index (χ0n) is 8.23. The molecular weight excluding hydrogens is 180 g/mol. The largest absolute Gasteiger partial charge is 0.461 e. The second kappa shape index (κ2) is 5.37. The summed E-state index contributed by atoms with van der Waals surface area (Å²) in [7, 11) is 0. The molecule has 0 bridgehead atoms. The third kappa shape index (κ3) is 2.55. The van der Waals surface area contributed by atoms with Crippen LogP contribution >= 0.6 is 0 Å². The Labute approximate surface area is 83.1 Å². The van der Waals surface area contributed by atoms with Crippen molar-refractivity contribution in [2.24, 2.45) is 5.92 Å². The van der Waals surface area contributed by atoms with Crippen molar-refractivity contribution in [3.8, 4) is 0 Å². The van der Waals surface area contributed by atoms with Gasteiger partial charge in [0.05, 0.1) is 6.26 Å². The summed E-state index contributed by atoms with van der Waals surface area (Å²) in [5, 5.41) is 0. The van der Waals surface area contributed by atoms with Gasteiger partial charge >= 0.3 is 0 Å². The molecule has 0 aliphatic carbocycles. The molecule has 1 atom stereocenters. The Morgan fingerprint density at radius 3 is 2.93 bits per heavy atom. The molecule has 0 aromatic carbocycles. The molecule has 1 rings (SSSR count). The number of hydrogen-bond acceptors (Lipinski definition) is 3. The van der Waals surface area contributed by atoms with Gasteiger partial charge in [-0.3, -0.25) is 4.79 Å². The van der Waals surface area contributed by atoms with Crippen LogP contribution in [0, 0.1) is 5.92 Å². The average molecular weight is 194 g/mol. The number of furan rings is 1. The van der Waals surface area contributed by atoms with Crippen molar-refractivity contribution in [2.45, 2.75) is 26.2 Å². The lowest BCUT2D eigenvalue weighted by Gasteiger charge is -2.09. The molecule has 0 aliphatic heterocycles. The van der Waals surface area contributed by atoms with Gasteiger partial charge in [0.2, 0.25) is 5.78 Å². The first kappa shape index (κ1) is 10.7. The summed E-state index contributed by atoms with van der Waals surface area (Å²) in [5.41, 5.74) is 0. The van der Waals surface area contributed by atoms with Crippen LogP contribution in [0.25, 0.3) is 0 Å². The van der Waals surface area contributed by atoms with E-state index >= 15 is 0 Å². The van der Waals surface area contributed by atoms with Gasteiger partial charge in [-0.05, 0) is 18.6 Å². The summed E-state index contributed by atoms with van der Waals surface area (Å²) in [4.78, 5) is 22.1. The molecule has 0 radical (unpaired) electrons. The summed E-state index contributed by atoms with van der Waals surface area (Å²) in [6.45, 7) is 1.99. The minimum absolute atomic E-state index is 0.0658. The van der Waals surface area contributed by atoms with Crippen molar-refractivity contribution in [3.05, 3.63) is 24.2 Å². The smallest absolute Gasteiger partial charge is 0.201 e. The van der Waals surface area contributed by atoms with Crippen molar-refractivity contribution in [2.75, 3.05) is 0 Å². The van der Waals surface area contributed by atoms with Gasteiger partial charge in [0.15, 0.2) is 5.76 Å². The highest BCUT2D eigenvalue weighted by molar-refractivity contribution is 5.96. The molecule has 0 saturated carbocycles. The van der Waals surface area contributed by atoms with E-state index in [0.717, 1.165) is 19.1 Å². The maximum absolute atomic E-state index is 11.7. The van der Waals surface area contributed by atoms with Crippen molar-refractivity contribution in [1.29, 1.82) is 0 Å². The highest BCUT2D eigenvalue weighted by Gasteiger charge is 2.20. The normalized spacial score (nSPS) is 12.4. The minimum Gasteiger partial charge on any atom is -0.461 e. The molecule has 0 N–H and O–H groups in total. The molecule has 0 saturated heterocycles. The van der Waals surface area contributed by atoms with E-state index in [1.165, 1.54) is 6.26 Å². The van der Waals surface area contributed by atoms with Crippen LogP contribution in [0.2, 0.25) is 0 Å². The molecule has 1 aromatic heterocycles. The summed E-state index contributed by atoms with van der Waals surface area (Å²) in [6, 6.07) is 3.31. The Bertz CT molecular complexity index is 287. The first-order valence-electron chi connectivity index (χ1n) is 4.81. The van der Waals surface area contributed by atoms with Gasteiger partial charge in [0.25, 0.3) is 0 Å². The third-order valence-corrected chi connectivity index (χ3v) is 2.15. The standard InChI is InChI=1S/C11H14O3/c1-2-4-9(6-7-12)11(13)10-5-3-8-14-10/h3,5,7-9H,2,4,6H2,1H3. The van der Waals surface area contributed by atoms with E-state index in [2.05, 4.69) is 0 Å². The van der Waals surface area contributed by atoms with Crippen molar-refractivity contribution in [1.82, 2.24) is 0 Å². The summed E-state index contributed by atoms with van der Waals surface area (Å²) in [6.07, 6.45) is 4.18. The zero-order valence-corrected chi connectivity index (χ0v) is 8.23. The van der Waals surface area contributed by atoms with Gasteiger partial charge in [0.1, 0.15) is 6.29 Å². The topological polar surface area (TPSA) is 47.3 Å². The summed E-state index contributed by atoms with van der Waals surface area (Å²) in [5.74, 6) is 0.0675. The Morgan fingerprint density at radius 1 is 1.64 bits per heavy atom. The molecule has 0 fully saturated rings. The van der Waals surface area contributed by atoms with Crippen LogP contribution in [0.3, 0.4) is 0 Å². The number of aldehydes is 1. The molecule has 0 spiro atoms. The lowest BCUT2D eigenvalue weighted by atomic mass is 9.94. The van der Waals surface area contributed by atoms with Crippen LogP contribution in [0.4, 0.5) is 0 Å². The molecule has 0 amide bonds. The van der Waals surface area contributed by atoms with E-state index in [9.17, 15) is 9.59 Å². The van der Waals surface area contributed by atoms with E-state index in [4.69, 9.17) is 4.42 Å². The lowest BCUT2D eigenvalue weighted by Crippen LogP contribution is -2.14. The summed E-state index contributed by atoms with van der Waals surface area (Å²) < 4.78 is 5.00. The molecule has 76 valence electrons. The maximum atomic E-state index is 11.7. The van der Waals surface area contributed by atoms with E-state index in [1.54, 1.807) is 12.1 Å². The third-order valence-electron chi connectivity index (χ3n) is 2.15. The molecule has 0 aliphatic rings. The SMILES string of the molecule is CCCC(CC=O)C(=O)c1ccco1. The number of carbonyl (C=O) groups excluding carboxylic acids is 2. The second-order valence-electron chi connectivity index (χ2n) is 3.23. The Balaban J connectivity index is 2.68. The molecule has 3 heteroatoms. The maximum Gasteiger partial charge on any atom is 0.201 e. The van der Waals surface area contributed by atoms with Crippen LogP contribution in [-0.2, 0) is 4.79 Å². The molecule has 3 nitrogen and oxygen atoms in total. The Hall–Kier alpha value is -1.38. The van der Waals surface area contributed by atoms with E-state index < -0.39 is 0 Å². The highest BCUT2D eigenvalue weighted by Crippen LogP contribution is 2.17. The van der Waals surface area contributed by atoms with Crippen LogP contribution < -0.4 is 0 Å².